The minimum Gasteiger partial charge on any atom is -0.507 e. The summed E-state index contributed by atoms with van der Waals surface area (Å²) in [4.78, 5) is 11.1. The number of fused-ring (bicyclic) bond motifs is 1. The topological polar surface area (TPSA) is 76.0 Å². The van der Waals surface area contributed by atoms with Crippen molar-refractivity contribution in [2.75, 3.05) is 13.2 Å². The van der Waals surface area contributed by atoms with Gasteiger partial charge in [-0.25, -0.2) is 4.79 Å². The van der Waals surface area contributed by atoms with E-state index in [1.54, 1.807) is 6.07 Å². The highest BCUT2D eigenvalue weighted by molar-refractivity contribution is 5.92. The van der Waals surface area contributed by atoms with Crippen LogP contribution in [0.15, 0.2) is 36.4 Å². The van der Waals surface area contributed by atoms with Gasteiger partial charge in [0, 0.05) is 6.42 Å². The van der Waals surface area contributed by atoms with Crippen LogP contribution >= 0.6 is 0 Å². The molecule has 5 nitrogen and oxygen atoms in total. The summed E-state index contributed by atoms with van der Waals surface area (Å²) in [5.74, 6) is -0.0762. The molecule has 0 aromatic heterocycles. The quantitative estimate of drug-likeness (QED) is 0.887. The lowest BCUT2D eigenvalue weighted by Gasteiger charge is -2.10. The number of rotatable bonds is 2. The van der Waals surface area contributed by atoms with Crippen LogP contribution in [0.4, 0.5) is 0 Å². The Morgan fingerprint density at radius 3 is 2.38 bits per heavy atom. The number of hydrogen-bond donors (Lipinski definition) is 2. The van der Waals surface area contributed by atoms with Gasteiger partial charge in [-0.2, -0.15) is 0 Å². The van der Waals surface area contributed by atoms with Gasteiger partial charge >= 0.3 is 5.97 Å². The summed E-state index contributed by atoms with van der Waals surface area (Å²) in [6, 6.07) is 9.95. The lowest BCUT2D eigenvalue weighted by atomic mass is 10.0. The number of aromatic carboxylic acids is 1. The van der Waals surface area contributed by atoms with Gasteiger partial charge in [0.15, 0.2) is 11.5 Å². The van der Waals surface area contributed by atoms with Crippen LogP contribution in [0.25, 0.3) is 11.1 Å². The van der Waals surface area contributed by atoms with Gasteiger partial charge in [0.2, 0.25) is 0 Å². The second kappa shape index (κ2) is 5.36. The number of carboxylic acid groups (broad SMARTS) is 1. The molecule has 0 unspecified atom stereocenters. The van der Waals surface area contributed by atoms with E-state index in [9.17, 15) is 9.90 Å². The highest BCUT2D eigenvalue weighted by Crippen LogP contribution is 2.35. The van der Waals surface area contributed by atoms with Crippen LogP contribution in [0.3, 0.4) is 0 Å². The summed E-state index contributed by atoms with van der Waals surface area (Å²) in [7, 11) is 0. The van der Waals surface area contributed by atoms with Crippen molar-refractivity contribution in [3.05, 3.63) is 42.0 Å². The first-order valence-corrected chi connectivity index (χ1v) is 6.61. The van der Waals surface area contributed by atoms with Crippen molar-refractivity contribution < 1.29 is 24.5 Å². The van der Waals surface area contributed by atoms with Crippen LogP contribution in [0.1, 0.15) is 16.8 Å². The maximum atomic E-state index is 11.1. The van der Waals surface area contributed by atoms with Gasteiger partial charge in [-0.05, 0) is 35.4 Å². The molecule has 0 atom stereocenters. The summed E-state index contributed by atoms with van der Waals surface area (Å²) in [6.07, 6.45) is 0.826. The minimum absolute atomic E-state index is 0.125. The number of carboxylic acids is 1. The Morgan fingerprint density at radius 2 is 1.62 bits per heavy atom. The predicted molar refractivity (Wildman–Crippen MR) is 76.1 cm³/mol. The van der Waals surface area contributed by atoms with Crippen molar-refractivity contribution in [2.45, 2.75) is 6.42 Å². The van der Waals surface area contributed by atoms with Crippen molar-refractivity contribution in [3.63, 3.8) is 0 Å². The third-order valence-electron chi connectivity index (χ3n) is 3.31. The van der Waals surface area contributed by atoms with Gasteiger partial charge in [-0.15, -0.1) is 0 Å². The van der Waals surface area contributed by atoms with E-state index in [4.69, 9.17) is 14.6 Å². The van der Waals surface area contributed by atoms with Crippen molar-refractivity contribution in [1.29, 1.82) is 0 Å². The molecule has 2 aromatic rings. The Hall–Kier alpha value is -2.69. The van der Waals surface area contributed by atoms with Crippen LogP contribution < -0.4 is 9.47 Å². The normalized spacial score (nSPS) is 13.5. The molecule has 1 aliphatic heterocycles. The molecule has 1 aliphatic rings. The van der Waals surface area contributed by atoms with E-state index >= 15 is 0 Å². The van der Waals surface area contributed by atoms with Gasteiger partial charge in [0.05, 0.1) is 13.2 Å². The average Bonchev–Trinajstić information content (AvgIpc) is 2.72. The third-order valence-corrected chi connectivity index (χ3v) is 3.31. The highest BCUT2D eigenvalue weighted by Gasteiger charge is 2.14. The summed E-state index contributed by atoms with van der Waals surface area (Å²) in [5.41, 5.74) is 1.38. The lowest BCUT2D eigenvalue weighted by molar-refractivity contribution is 0.0694. The second-order valence-electron chi connectivity index (χ2n) is 4.75. The first-order valence-electron chi connectivity index (χ1n) is 6.61. The number of benzene rings is 2. The second-order valence-corrected chi connectivity index (χ2v) is 4.75. The Morgan fingerprint density at radius 1 is 0.952 bits per heavy atom. The van der Waals surface area contributed by atoms with Crippen molar-refractivity contribution in [2.24, 2.45) is 0 Å². The molecule has 0 saturated carbocycles. The molecule has 0 fully saturated rings. The zero-order valence-electron chi connectivity index (χ0n) is 11.2. The smallest absolute Gasteiger partial charge is 0.339 e. The fourth-order valence-corrected chi connectivity index (χ4v) is 2.23. The maximum absolute atomic E-state index is 11.1. The predicted octanol–water partition coefficient (Wildman–Crippen LogP) is 2.92. The molecule has 21 heavy (non-hydrogen) atoms. The summed E-state index contributed by atoms with van der Waals surface area (Å²) in [6.45, 7) is 1.21. The molecule has 1 heterocycles. The Bertz CT molecular complexity index is 693. The monoisotopic (exact) mass is 286 g/mol. The standard InChI is InChI=1S/C16H14O5/c17-13-4-2-10(8-12(13)16(18)19)11-3-5-14-15(9-11)21-7-1-6-20-14/h2-5,8-9,17H,1,6-7H2,(H,18,19). The molecule has 5 heteroatoms. The van der Waals surface area contributed by atoms with Crippen molar-refractivity contribution in [3.8, 4) is 28.4 Å². The average molecular weight is 286 g/mol. The molecule has 2 N–H and O–H groups in total. The number of phenols is 1. The molecule has 0 spiro atoms. The van der Waals surface area contributed by atoms with Gasteiger partial charge in [-0.1, -0.05) is 12.1 Å². The highest BCUT2D eigenvalue weighted by atomic mass is 16.5. The fraction of sp³-hybridized carbons (Fsp3) is 0.188. The first-order chi connectivity index (χ1) is 10.1. The molecule has 3 rings (SSSR count). The molecular weight excluding hydrogens is 272 g/mol. The van der Waals surface area contributed by atoms with E-state index in [-0.39, 0.29) is 11.3 Å². The van der Waals surface area contributed by atoms with E-state index in [2.05, 4.69) is 0 Å². The summed E-state index contributed by atoms with van der Waals surface area (Å²) in [5, 5.41) is 18.6. The molecule has 0 amide bonds. The summed E-state index contributed by atoms with van der Waals surface area (Å²) >= 11 is 0. The Balaban J connectivity index is 2.03. The molecule has 0 bridgehead atoms. The van der Waals surface area contributed by atoms with Crippen LogP contribution in [-0.2, 0) is 0 Å². The molecule has 2 aromatic carbocycles. The van der Waals surface area contributed by atoms with E-state index in [0.717, 1.165) is 12.0 Å². The van der Waals surface area contributed by atoms with E-state index in [1.807, 2.05) is 18.2 Å². The van der Waals surface area contributed by atoms with Gasteiger partial charge in [0.25, 0.3) is 0 Å². The first kappa shape index (κ1) is 13.3. The summed E-state index contributed by atoms with van der Waals surface area (Å²) < 4.78 is 11.2. The lowest BCUT2D eigenvalue weighted by Crippen LogP contribution is -1.97. The number of aromatic hydroxyl groups is 1. The minimum atomic E-state index is -1.16. The van der Waals surface area contributed by atoms with Gasteiger partial charge in [-0.3, -0.25) is 0 Å². The van der Waals surface area contributed by atoms with Crippen LogP contribution in [-0.4, -0.2) is 29.4 Å². The Kier molecular flexibility index (Phi) is 3.39. The molecule has 108 valence electrons. The zero-order valence-corrected chi connectivity index (χ0v) is 11.2. The number of ether oxygens (including phenoxy) is 2. The van der Waals surface area contributed by atoms with E-state index < -0.39 is 5.97 Å². The molecule has 0 aliphatic carbocycles. The fourth-order valence-electron chi connectivity index (χ4n) is 2.23. The van der Waals surface area contributed by atoms with Crippen LogP contribution in [0.5, 0.6) is 17.2 Å². The maximum Gasteiger partial charge on any atom is 0.339 e. The van der Waals surface area contributed by atoms with Crippen molar-refractivity contribution >= 4 is 5.97 Å². The van der Waals surface area contributed by atoms with Crippen LogP contribution in [0, 0.1) is 0 Å². The van der Waals surface area contributed by atoms with E-state index in [0.29, 0.717) is 30.3 Å². The van der Waals surface area contributed by atoms with Gasteiger partial charge in [0.1, 0.15) is 11.3 Å². The Labute approximate surface area is 121 Å². The number of hydrogen-bond acceptors (Lipinski definition) is 4. The number of carbonyl (C=O) groups is 1. The largest absolute Gasteiger partial charge is 0.507 e. The van der Waals surface area contributed by atoms with Crippen LogP contribution in [0.2, 0.25) is 0 Å². The SMILES string of the molecule is O=C(O)c1cc(-c2ccc3c(c2)OCCCO3)ccc1O. The van der Waals surface area contributed by atoms with E-state index in [1.165, 1.54) is 12.1 Å². The molecule has 0 saturated heterocycles. The zero-order chi connectivity index (χ0) is 14.8. The molecule has 0 radical (unpaired) electrons. The van der Waals surface area contributed by atoms with Gasteiger partial charge < -0.3 is 19.7 Å². The molecular formula is C16H14O5. The third kappa shape index (κ3) is 2.63. The van der Waals surface area contributed by atoms with Crippen molar-refractivity contribution in [1.82, 2.24) is 0 Å².